The highest BCUT2D eigenvalue weighted by Gasteiger charge is 2.08. The predicted molar refractivity (Wildman–Crippen MR) is 57.6 cm³/mol. The van der Waals surface area contributed by atoms with Gasteiger partial charge in [0, 0.05) is 18.8 Å². The molecule has 74 valence electrons. The predicted octanol–water partition coefficient (Wildman–Crippen LogP) is 1.62. The maximum atomic E-state index is 3.32. The summed E-state index contributed by atoms with van der Waals surface area (Å²) in [6.45, 7) is 4.28. The topological polar surface area (TPSA) is 15.3 Å². The summed E-state index contributed by atoms with van der Waals surface area (Å²) in [4.78, 5) is 2.24. The number of hydrogen-bond acceptors (Lipinski definition) is 2. The zero-order chi connectivity index (χ0) is 9.68. The first-order valence-corrected chi connectivity index (χ1v) is 4.99. The molecule has 1 unspecified atom stereocenters. The standard InChI is InChI=1S/C11H20N2/c1-4-12-11-7-5-10(6-8-11)9-13(2)3/h5,7-8,10,12H,4,6,9H2,1-3H3. The van der Waals surface area contributed by atoms with Crippen LogP contribution in [0.4, 0.5) is 0 Å². The SMILES string of the molecule is CCNC1=CCC(CN(C)C)C=C1. The summed E-state index contributed by atoms with van der Waals surface area (Å²) in [7, 11) is 4.24. The first kappa shape index (κ1) is 10.3. The van der Waals surface area contributed by atoms with Crippen LogP contribution in [0.2, 0.25) is 0 Å². The maximum absolute atomic E-state index is 3.32. The molecule has 0 aromatic carbocycles. The Balaban J connectivity index is 2.35. The van der Waals surface area contributed by atoms with E-state index >= 15 is 0 Å². The zero-order valence-electron chi connectivity index (χ0n) is 8.88. The van der Waals surface area contributed by atoms with E-state index in [9.17, 15) is 0 Å². The van der Waals surface area contributed by atoms with Crippen LogP contribution in [0.1, 0.15) is 13.3 Å². The molecule has 13 heavy (non-hydrogen) atoms. The van der Waals surface area contributed by atoms with Crippen LogP contribution in [-0.2, 0) is 0 Å². The van der Waals surface area contributed by atoms with E-state index in [0.717, 1.165) is 19.5 Å². The molecule has 0 aromatic rings. The highest BCUT2D eigenvalue weighted by molar-refractivity contribution is 5.22. The van der Waals surface area contributed by atoms with Gasteiger partial charge in [-0.1, -0.05) is 12.2 Å². The Labute approximate surface area is 81.3 Å². The van der Waals surface area contributed by atoms with Crippen molar-refractivity contribution in [3.05, 3.63) is 23.9 Å². The normalized spacial score (nSPS) is 21.8. The minimum absolute atomic E-state index is 0.692. The molecule has 1 rings (SSSR count). The van der Waals surface area contributed by atoms with Crippen molar-refractivity contribution in [3.8, 4) is 0 Å². The lowest BCUT2D eigenvalue weighted by atomic mass is 9.99. The molecule has 0 spiro atoms. The number of nitrogens with zero attached hydrogens (tertiary/aromatic N) is 1. The number of nitrogens with one attached hydrogen (secondary N) is 1. The fraction of sp³-hybridized carbons (Fsp3) is 0.636. The largest absolute Gasteiger partial charge is 0.386 e. The van der Waals surface area contributed by atoms with E-state index in [4.69, 9.17) is 0 Å². The number of rotatable bonds is 4. The Kier molecular flexibility index (Phi) is 4.03. The van der Waals surface area contributed by atoms with Crippen molar-refractivity contribution in [2.45, 2.75) is 13.3 Å². The second-order valence-electron chi connectivity index (χ2n) is 3.81. The van der Waals surface area contributed by atoms with Crippen molar-refractivity contribution in [2.24, 2.45) is 5.92 Å². The maximum Gasteiger partial charge on any atom is 0.0296 e. The van der Waals surface area contributed by atoms with Gasteiger partial charge in [-0.05, 0) is 39.4 Å². The second-order valence-corrected chi connectivity index (χ2v) is 3.81. The molecule has 0 radical (unpaired) electrons. The molecule has 0 aliphatic heterocycles. The van der Waals surface area contributed by atoms with Crippen molar-refractivity contribution < 1.29 is 0 Å². The third kappa shape index (κ3) is 3.64. The van der Waals surface area contributed by atoms with E-state index in [1.165, 1.54) is 5.70 Å². The van der Waals surface area contributed by atoms with E-state index in [1.54, 1.807) is 0 Å². The van der Waals surface area contributed by atoms with Gasteiger partial charge in [0.15, 0.2) is 0 Å². The van der Waals surface area contributed by atoms with Gasteiger partial charge in [0.25, 0.3) is 0 Å². The van der Waals surface area contributed by atoms with Crippen molar-refractivity contribution in [1.29, 1.82) is 0 Å². The van der Waals surface area contributed by atoms with Gasteiger partial charge in [0.1, 0.15) is 0 Å². The van der Waals surface area contributed by atoms with E-state index in [0.29, 0.717) is 5.92 Å². The molecule has 0 heterocycles. The fourth-order valence-corrected chi connectivity index (χ4v) is 1.60. The summed E-state index contributed by atoms with van der Waals surface area (Å²) in [5, 5.41) is 3.32. The third-order valence-corrected chi connectivity index (χ3v) is 2.17. The smallest absolute Gasteiger partial charge is 0.0296 e. The van der Waals surface area contributed by atoms with Gasteiger partial charge in [0.2, 0.25) is 0 Å². The van der Waals surface area contributed by atoms with E-state index in [1.807, 2.05) is 0 Å². The van der Waals surface area contributed by atoms with E-state index in [2.05, 4.69) is 49.5 Å². The molecule has 2 heteroatoms. The molecule has 0 amide bonds. The van der Waals surface area contributed by atoms with Crippen molar-refractivity contribution in [2.75, 3.05) is 27.2 Å². The highest BCUT2D eigenvalue weighted by Crippen LogP contribution is 2.15. The average molecular weight is 180 g/mol. The van der Waals surface area contributed by atoms with Crippen molar-refractivity contribution in [1.82, 2.24) is 10.2 Å². The molecule has 1 N–H and O–H groups in total. The van der Waals surface area contributed by atoms with Crippen LogP contribution >= 0.6 is 0 Å². The van der Waals surface area contributed by atoms with Gasteiger partial charge in [-0.3, -0.25) is 0 Å². The summed E-state index contributed by atoms with van der Waals surface area (Å²) in [6.07, 6.45) is 7.95. The Morgan fingerprint density at radius 1 is 1.54 bits per heavy atom. The van der Waals surface area contributed by atoms with Gasteiger partial charge in [-0.15, -0.1) is 0 Å². The molecule has 1 aliphatic carbocycles. The lowest BCUT2D eigenvalue weighted by Crippen LogP contribution is -2.22. The minimum Gasteiger partial charge on any atom is -0.386 e. The zero-order valence-corrected chi connectivity index (χ0v) is 8.88. The summed E-state index contributed by atoms with van der Waals surface area (Å²) >= 11 is 0. The molecule has 0 saturated heterocycles. The van der Waals surface area contributed by atoms with Crippen LogP contribution in [0.5, 0.6) is 0 Å². The quantitative estimate of drug-likeness (QED) is 0.707. The summed E-state index contributed by atoms with van der Waals surface area (Å²) in [6, 6.07) is 0. The van der Waals surface area contributed by atoms with Crippen LogP contribution in [0, 0.1) is 5.92 Å². The lowest BCUT2D eigenvalue weighted by molar-refractivity contribution is 0.358. The van der Waals surface area contributed by atoms with Gasteiger partial charge in [-0.25, -0.2) is 0 Å². The van der Waals surface area contributed by atoms with Gasteiger partial charge < -0.3 is 10.2 Å². The molecule has 1 atom stereocenters. The molecule has 0 bridgehead atoms. The molecule has 0 saturated carbocycles. The summed E-state index contributed by atoms with van der Waals surface area (Å²) in [5.74, 6) is 0.692. The Hall–Kier alpha value is -0.760. The highest BCUT2D eigenvalue weighted by atomic mass is 15.1. The fourth-order valence-electron chi connectivity index (χ4n) is 1.60. The monoisotopic (exact) mass is 180 g/mol. The number of allylic oxidation sites excluding steroid dienone is 2. The van der Waals surface area contributed by atoms with Crippen molar-refractivity contribution >= 4 is 0 Å². The van der Waals surface area contributed by atoms with Crippen LogP contribution in [-0.4, -0.2) is 32.1 Å². The van der Waals surface area contributed by atoms with Crippen molar-refractivity contribution in [3.63, 3.8) is 0 Å². The van der Waals surface area contributed by atoms with Crippen LogP contribution in [0.3, 0.4) is 0 Å². The average Bonchev–Trinajstić information content (AvgIpc) is 2.08. The summed E-state index contributed by atoms with van der Waals surface area (Å²) in [5.41, 5.74) is 1.28. The van der Waals surface area contributed by atoms with Crippen LogP contribution < -0.4 is 5.32 Å². The Morgan fingerprint density at radius 2 is 2.31 bits per heavy atom. The molecule has 0 fully saturated rings. The van der Waals surface area contributed by atoms with E-state index < -0.39 is 0 Å². The van der Waals surface area contributed by atoms with Gasteiger partial charge in [0.05, 0.1) is 0 Å². The van der Waals surface area contributed by atoms with Crippen LogP contribution in [0.15, 0.2) is 23.9 Å². The molecule has 2 nitrogen and oxygen atoms in total. The van der Waals surface area contributed by atoms with E-state index in [-0.39, 0.29) is 0 Å². The van der Waals surface area contributed by atoms with Gasteiger partial charge in [-0.2, -0.15) is 0 Å². The molecular weight excluding hydrogens is 160 g/mol. The molecule has 0 aromatic heterocycles. The third-order valence-electron chi connectivity index (χ3n) is 2.17. The lowest BCUT2D eigenvalue weighted by Gasteiger charge is -2.20. The Morgan fingerprint density at radius 3 is 2.77 bits per heavy atom. The van der Waals surface area contributed by atoms with Gasteiger partial charge >= 0.3 is 0 Å². The second kappa shape index (κ2) is 5.07. The number of likely N-dealkylation sites (N-methyl/N-ethyl adjacent to an activating group) is 1. The molecule has 1 aliphatic rings. The molecular formula is C11H20N2. The minimum atomic E-state index is 0.692. The number of hydrogen-bond donors (Lipinski definition) is 1. The first-order chi connectivity index (χ1) is 6.22. The first-order valence-electron chi connectivity index (χ1n) is 4.99. The Bertz CT molecular complexity index is 204. The summed E-state index contributed by atoms with van der Waals surface area (Å²) < 4.78 is 0. The van der Waals surface area contributed by atoms with Crippen LogP contribution in [0.25, 0.3) is 0 Å².